The van der Waals surface area contributed by atoms with E-state index < -0.39 is 13.2 Å². The summed E-state index contributed by atoms with van der Waals surface area (Å²) < 4.78 is 9.33. The maximum Gasteiger partial charge on any atom is 1.00 e. The Kier molecular flexibility index (Phi) is 5.15. The van der Waals surface area contributed by atoms with Crippen LogP contribution in [-0.2, 0) is 4.57 Å². The summed E-state index contributed by atoms with van der Waals surface area (Å²) in [7, 11) is -5.10. The maximum atomic E-state index is 9.35. The van der Waals surface area contributed by atoms with Crippen LogP contribution in [-0.4, -0.2) is 5.65 Å². The Morgan fingerprint density at radius 1 is 1.62 bits per heavy atom. The zero-order chi connectivity index (χ0) is 6.08. The van der Waals surface area contributed by atoms with Gasteiger partial charge in [0.15, 0.2) is 0 Å². The molecule has 0 aliphatic rings. The Labute approximate surface area is 69.2 Å². The first-order valence-corrected chi connectivity index (χ1v) is 2.81. The monoisotopic (exact) mass is 147 g/mol. The van der Waals surface area contributed by atoms with Crippen LogP contribution in [0.3, 0.4) is 0 Å². The number of carbonyl (C=O) groups is 1. The molecule has 0 aliphatic carbocycles. The summed E-state index contributed by atoms with van der Waals surface area (Å²) in [5, 5.41) is 0. The van der Waals surface area contributed by atoms with Gasteiger partial charge in [-0.25, -0.2) is 0 Å². The summed E-state index contributed by atoms with van der Waals surface area (Å²) >= 11 is 0. The SMILES string of the molecule is NC(=O)P(=O)([O-])[O-].[H+].[Na+]. The van der Waals surface area contributed by atoms with Crippen LogP contribution in [0.5, 0.6) is 0 Å². The zero-order valence-corrected chi connectivity index (χ0v) is 7.05. The van der Waals surface area contributed by atoms with Crippen molar-refractivity contribution in [3.63, 3.8) is 0 Å². The third-order valence-electron chi connectivity index (χ3n) is 0.270. The zero-order valence-electron chi connectivity index (χ0n) is 5.16. The molecule has 0 rings (SSSR count). The molecule has 0 saturated carbocycles. The van der Waals surface area contributed by atoms with Crippen LogP contribution in [0.25, 0.3) is 0 Å². The number of amides is 1. The third-order valence-corrected chi connectivity index (χ3v) is 0.810. The van der Waals surface area contributed by atoms with Gasteiger partial charge in [-0.3, -0.25) is 4.79 Å². The average molecular weight is 147 g/mol. The van der Waals surface area contributed by atoms with Gasteiger partial charge in [0.25, 0.3) is 0 Å². The molecule has 5 nitrogen and oxygen atoms in total. The molecule has 0 aromatic rings. The first-order chi connectivity index (χ1) is 2.94. The van der Waals surface area contributed by atoms with Crippen molar-refractivity contribution in [1.29, 1.82) is 0 Å². The van der Waals surface area contributed by atoms with Crippen LogP contribution >= 0.6 is 7.60 Å². The van der Waals surface area contributed by atoms with Crippen molar-refractivity contribution >= 4 is 13.2 Å². The minimum Gasteiger partial charge on any atom is -0.804 e. The molecule has 0 spiro atoms. The van der Waals surface area contributed by atoms with E-state index in [1.165, 1.54) is 0 Å². The molecule has 2 N–H and O–H groups in total. The standard InChI is InChI=1S/CH4NO4P.Na/c2-1(3)7(4,5)6;/h(H2,2,3)(H2,4,5,6);/q;+1/p-1. The second-order valence-electron chi connectivity index (χ2n) is 0.836. The van der Waals surface area contributed by atoms with Crippen molar-refractivity contribution in [1.82, 2.24) is 0 Å². The quantitative estimate of drug-likeness (QED) is 0.296. The van der Waals surface area contributed by atoms with Crippen molar-refractivity contribution in [2.75, 3.05) is 0 Å². The molecule has 0 aromatic carbocycles. The Morgan fingerprint density at radius 3 is 1.75 bits per heavy atom. The molecule has 0 bridgehead atoms. The summed E-state index contributed by atoms with van der Waals surface area (Å²) in [4.78, 5) is 28.0. The van der Waals surface area contributed by atoms with E-state index in [2.05, 4.69) is 5.73 Å². The topological polar surface area (TPSA) is 106 Å². The van der Waals surface area contributed by atoms with E-state index in [9.17, 15) is 19.1 Å². The Bertz CT molecular complexity index is 133. The van der Waals surface area contributed by atoms with E-state index in [-0.39, 0.29) is 31.0 Å². The van der Waals surface area contributed by atoms with Gasteiger partial charge in [-0.15, -0.1) is 0 Å². The molecule has 0 saturated heterocycles. The first-order valence-electron chi connectivity index (χ1n) is 1.26. The predicted octanol–water partition coefficient (Wildman–Crippen LogP) is -4.90. The molecule has 7 heteroatoms. The van der Waals surface area contributed by atoms with Crippen LogP contribution in [0.15, 0.2) is 0 Å². The van der Waals surface area contributed by atoms with Crippen LogP contribution in [0.4, 0.5) is 4.79 Å². The van der Waals surface area contributed by atoms with Gasteiger partial charge >= 0.3 is 31.0 Å². The fourth-order valence-corrected chi connectivity index (χ4v) is 0. The molecule has 0 aromatic heterocycles. The van der Waals surface area contributed by atoms with Crippen LogP contribution in [0.1, 0.15) is 1.43 Å². The van der Waals surface area contributed by atoms with Gasteiger partial charge in [0.1, 0.15) is 0 Å². The fraction of sp³-hybridized carbons (Fsp3) is 0. The summed E-state index contributed by atoms with van der Waals surface area (Å²) in [5.74, 6) is 0. The van der Waals surface area contributed by atoms with E-state index in [4.69, 9.17) is 0 Å². The van der Waals surface area contributed by atoms with Gasteiger partial charge in [-0.05, 0) is 0 Å². The number of hydrogen-bond acceptors (Lipinski definition) is 4. The second kappa shape index (κ2) is 3.61. The molecule has 0 unspecified atom stereocenters. The van der Waals surface area contributed by atoms with Crippen molar-refractivity contribution in [3.8, 4) is 0 Å². The van der Waals surface area contributed by atoms with E-state index >= 15 is 0 Å². The summed E-state index contributed by atoms with van der Waals surface area (Å²) in [6, 6.07) is 0. The van der Waals surface area contributed by atoms with Gasteiger partial charge in [0, 0.05) is 7.60 Å². The average Bonchev–Trinajstić information content (AvgIpc) is 1.31. The number of carbonyl (C=O) groups excluding carboxylic acids is 1. The van der Waals surface area contributed by atoms with Crippen LogP contribution in [0, 0.1) is 0 Å². The van der Waals surface area contributed by atoms with Crippen molar-refractivity contribution in [2.24, 2.45) is 5.73 Å². The first kappa shape index (κ1) is 11.4. The molecule has 42 valence electrons. The van der Waals surface area contributed by atoms with Crippen LogP contribution < -0.4 is 45.1 Å². The number of hydrogen-bond donors (Lipinski definition) is 1. The molecule has 0 fully saturated rings. The van der Waals surface area contributed by atoms with Gasteiger partial charge < -0.3 is 20.1 Å². The van der Waals surface area contributed by atoms with E-state index in [1.807, 2.05) is 0 Å². The smallest absolute Gasteiger partial charge is 0.804 e. The third kappa shape index (κ3) is 4.77. The molecule has 8 heavy (non-hydrogen) atoms. The van der Waals surface area contributed by atoms with Gasteiger partial charge in [0.2, 0.25) is 5.65 Å². The van der Waals surface area contributed by atoms with Crippen molar-refractivity contribution in [2.45, 2.75) is 0 Å². The number of rotatable bonds is 1. The van der Waals surface area contributed by atoms with Crippen molar-refractivity contribution < 1.29 is 50.1 Å². The minimum absolute atomic E-state index is 0. The van der Waals surface area contributed by atoms with E-state index in [1.54, 1.807) is 0 Å². The minimum atomic E-state index is -5.10. The fourth-order valence-electron chi connectivity index (χ4n) is 0. The van der Waals surface area contributed by atoms with Gasteiger partial charge in [-0.2, -0.15) is 0 Å². The van der Waals surface area contributed by atoms with Crippen LogP contribution in [0.2, 0.25) is 0 Å². The second-order valence-corrected chi connectivity index (χ2v) is 2.27. The molecule has 0 radical (unpaired) electrons. The number of nitrogens with two attached hydrogens (primary N) is 1. The van der Waals surface area contributed by atoms with Crippen molar-refractivity contribution in [3.05, 3.63) is 0 Å². The molecule has 0 atom stereocenters. The maximum absolute atomic E-state index is 9.35. The number of primary amides is 1. The largest absolute Gasteiger partial charge is 1.00 e. The van der Waals surface area contributed by atoms with Gasteiger partial charge in [0.05, 0.1) is 0 Å². The van der Waals surface area contributed by atoms with Gasteiger partial charge in [-0.1, -0.05) is 0 Å². The Hall–Kier alpha value is 0.620. The molecule has 0 aliphatic heterocycles. The predicted molar refractivity (Wildman–Crippen MR) is 18.3 cm³/mol. The summed E-state index contributed by atoms with van der Waals surface area (Å²) in [6.07, 6.45) is 0. The van der Waals surface area contributed by atoms with E-state index in [0.29, 0.717) is 0 Å². The normalized spacial score (nSPS) is 9.75. The Morgan fingerprint density at radius 2 is 1.75 bits per heavy atom. The molecule has 1 amide bonds. The summed E-state index contributed by atoms with van der Waals surface area (Å²) in [5.41, 5.74) is 2.23. The van der Waals surface area contributed by atoms with E-state index in [0.717, 1.165) is 0 Å². The summed E-state index contributed by atoms with van der Waals surface area (Å²) in [6.45, 7) is 0. The Balaban J connectivity index is -0.000000180. The molecule has 0 heterocycles. The molecular weight excluding hydrogens is 144 g/mol. The molecular formula is CH3NNaO4P.